The normalized spacial score (nSPS) is 22.3. The van der Waals surface area contributed by atoms with Gasteiger partial charge in [0.05, 0.1) is 5.69 Å². The van der Waals surface area contributed by atoms with Gasteiger partial charge in [0.15, 0.2) is 0 Å². The zero-order chi connectivity index (χ0) is 16.4. The van der Waals surface area contributed by atoms with Crippen molar-refractivity contribution in [3.8, 4) is 0 Å². The van der Waals surface area contributed by atoms with Crippen molar-refractivity contribution in [2.24, 2.45) is 10.9 Å². The number of nitrogens with zero attached hydrogens (tertiary/aromatic N) is 2. The fourth-order valence-electron chi connectivity index (χ4n) is 3.60. The molecule has 1 fully saturated rings. The maximum atomic E-state index is 12.6. The van der Waals surface area contributed by atoms with Crippen molar-refractivity contribution in [3.63, 3.8) is 0 Å². The second-order valence-corrected chi connectivity index (χ2v) is 6.36. The van der Waals surface area contributed by atoms with Crippen LogP contribution in [0, 0.1) is 5.92 Å². The van der Waals surface area contributed by atoms with Crippen LogP contribution in [0.25, 0.3) is 0 Å². The molecular formula is C18H22N2O3. The van der Waals surface area contributed by atoms with Gasteiger partial charge in [-0.25, -0.2) is 0 Å². The summed E-state index contributed by atoms with van der Waals surface area (Å²) in [5.74, 6) is -0.892. The van der Waals surface area contributed by atoms with E-state index in [4.69, 9.17) is 4.99 Å². The fraction of sp³-hybridized carbons (Fsp3) is 0.500. The van der Waals surface area contributed by atoms with Gasteiger partial charge in [-0.3, -0.25) is 19.5 Å². The SMILES string of the molecule is CC1N=C(C2CCCCC2)c2ccccc2N(CC(=O)O)C1=O. The lowest BCUT2D eigenvalue weighted by Gasteiger charge is -2.25. The van der Waals surface area contributed by atoms with E-state index in [2.05, 4.69) is 0 Å². The van der Waals surface area contributed by atoms with E-state index < -0.39 is 12.0 Å². The van der Waals surface area contributed by atoms with Crippen LogP contribution in [0.15, 0.2) is 29.3 Å². The topological polar surface area (TPSA) is 70.0 Å². The van der Waals surface area contributed by atoms with Crippen LogP contribution in [0.5, 0.6) is 0 Å². The average Bonchev–Trinajstić information content (AvgIpc) is 2.66. The predicted molar refractivity (Wildman–Crippen MR) is 89.0 cm³/mol. The Balaban J connectivity index is 2.07. The molecule has 1 aromatic rings. The number of carbonyl (C=O) groups is 2. The van der Waals surface area contributed by atoms with E-state index in [1.165, 1.54) is 24.2 Å². The molecular weight excluding hydrogens is 292 g/mol. The summed E-state index contributed by atoms with van der Waals surface area (Å²) in [6, 6.07) is 7.01. The number of hydrogen-bond acceptors (Lipinski definition) is 3. The van der Waals surface area contributed by atoms with Gasteiger partial charge in [0.25, 0.3) is 5.91 Å². The number of benzene rings is 1. The lowest BCUT2D eigenvalue weighted by Crippen LogP contribution is -2.40. The van der Waals surface area contributed by atoms with E-state index >= 15 is 0 Å². The largest absolute Gasteiger partial charge is 0.480 e. The molecule has 0 saturated heterocycles. The third-order valence-corrected chi connectivity index (χ3v) is 4.71. The van der Waals surface area contributed by atoms with E-state index in [1.54, 1.807) is 6.92 Å². The minimum atomic E-state index is -1.01. The highest BCUT2D eigenvalue weighted by molar-refractivity contribution is 6.14. The molecule has 1 N–H and O–H groups in total. The van der Waals surface area contributed by atoms with E-state index in [1.807, 2.05) is 24.3 Å². The number of anilines is 1. The number of carboxylic acid groups (broad SMARTS) is 1. The van der Waals surface area contributed by atoms with Crippen molar-refractivity contribution < 1.29 is 14.7 Å². The Morgan fingerprint density at radius 2 is 1.96 bits per heavy atom. The standard InChI is InChI=1S/C18H22N2O3/c1-12-18(23)20(11-16(21)22)15-10-6-5-9-14(15)17(19-12)13-7-3-2-4-8-13/h5-6,9-10,12-13H,2-4,7-8,11H2,1H3,(H,21,22). The Morgan fingerprint density at radius 1 is 1.26 bits per heavy atom. The Labute approximate surface area is 136 Å². The maximum Gasteiger partial charge on any atom is 0.323 e. The lowest BCUT2D eigenvalue weighted by molar-refractivity contribution is -0.136. The lowest BCUT2D eigenvalue weighted by atomic mass is 9.82. The van der Waals surface area contributed by atoms with Gasteiger partial charge in [-0.2, -0.15) is 0 Å². The third kappa shape index (κ3) is 3.14. The number of fused-ring (bicyclic) bond motifs is 1. The van der Waals surface area contributed by atoms with Crippen molar-refractivity contribution in [2.45, 2.75) is 45.1 Å². The Hall–Kier alpha value is -2.17. The molecule has 3 rings (SSSR count). The van der Waals surface area contributed by atoms with Crippen molar-refractivity contribution >= 4 is 23.3 Å². The van der Waals surface area contributed by atoms with Gasteiger partial charge in [-0.05, 0) is 25.8 Å². The molecule has 2 aliphatic rings. The number of carboxylic acids is 1. The number of aliphatic carboxylic acids is 1. The molecule has 23 heavy (non-hydrogen) atoms. The van der Waals surface area contributed by atoms with Crippen molar-refractivity contribution in [2.75, 3.05) is 11.4 Å². The Bertz CT molecular complexity index is 647. The molecule has 1 aliphatic heterocycles. The van der Waals surface area contributed by atoms with Crippen molar-refractivity contribution in [1.82, 2.24) is 0 Å². The summed E-state index contributed by atoms with van der Waals surface area (Å²) in [7, 11) is 0. The van der Waals surface area contributed by atoms with E-state index in [9.17, 15) is 14.7 Å². The fourth-order valence-corrected chi connectivity index (χ4v) is 3.60. The molecule has 1 amide bonds. The molecule has 0 radical (unpaired) electrons. The molecule has 5 heteroatoms. The van der Waals surface area contributed by atoms with Gasteiger partial charge in [0, 0.05) is 17.2 Å². The summed E-state index contributed by atoms with van der Waals surface area (Å²) in [4.78, 5) is 29.9. The van der Waals surface area contributed by atoms with Crippen LogP contribution < -0.4 is 4.90 Å². The number of benzodiazepines with no additional fused rings is 1. The zero-order valence-corrected chi connectivity index (χ0v) is 13.4. The number of para-hydroxylation sites is 1. The van der Waals surface area contributed by atoms with Crippen LogP contribution in [0.1, 0.15) is 44.6 Å². The second kappa shape index (κ2) is 6.52. The molecule has 122 valence electrons. The molecule has 1 aromatic carbocycles. The van der Waals surface area contributed by atoms with Crippen molar-refractivity contribution in [3.05, 3.63) is 29.8 Å². The highest BCUT2D eigenvalue weighted by atomic mass is 16.4. The van der Waals surface area contributed by atoms with Crippen LogP contribution in [0.4, 0.5) is 5.69 Å². The highest BCUT2D eigenvalue weighted by Gasteiger charge is 2.32. The molecule has 5 nitrogen and oxygen atoms in total. The first-order valence-electron chi connectivity index (χ1n) is 8.28. The van der Waals surface area contributed by atoms with Gasteiger partial charge in [0.2, 0.25) is 0 Å². The third-order valence-electron chi connectivity index (χ3n) is 4.71. The van der Waals surface area contributed by atoms with Gasteiger partial charge in [-0.1, -0.05) is 37.5 Å². The van der Waals surface area contributed by atoms with Crippen LogP contribution in [0.3, 0.4) is 0 Å². The summed E-state index contributed by atoms with van der Waals surface area (Å²) < 4.78 is 0. The first kappa shape index (κ1) is 15.7. The summed E-state index contributed by atoms with van der Waals surface area (Å²) in [6.07, 6.45) is 5.81. The maximum absolute atomic E-state index is 12.6. The van der Waals surface area contributed by atoms with Crippen LogP contribution >= 0.6 is 0 Å². The minimum absolute atomic E-state index is 0.245. The van der Waals surface area contributed by atoms with Gasteiger partial charge < -0.3 is 5.11 Å². The molecule has 1 unspecified atom stereocenters. The molecule has 1 saturated carbocycles. The summed E-state index contributed by atoms with van der Waals surface area (Å²) >= 11 is 0. The first-order valence-corrected chi connectivity index (χ1v) is 8.28. The molecule has 1 aliphatic carbocycles. The number of hydrogen-bond donors (Lipinski definition) is 1. The van der Waals surface area contributed by atoms with Crippen LogP contribution in [0.2, 0.25) is 0 Å². The minimum Gasteiger partial charge on any atom is -0.480 e. The zero-order valence-electron chi connectivity index (χ0n) is 13.4. The smallest absolute Gasteiger partial charge is 0.323 e. The quantitative estimate of drug-likeness (QED) is 0.932. The number of aliphatic imine (C=N–C) groups is 1. The Kier molecular flexibility index (Phi) is 4.46. The predicted octanol–water partition coefficient (Wildman–Crippen LogP) is 2.88. The first-order chi connectivity index (χ1) is 11.1. The summed E-state index contributed by atoms with van der Waals surface area (Å²) in [5, 5.41) is 9.17. The number of carbonyl (C=O) groups excluding carboxylic acids is 1. The molecule has 0 aromatic heterocycles. The second-order valence-electron chi connectivity index (χ2n) is 6.36. The van der Waals surface area contributed by atoms with E-state index in [0.717, 1.165) is 24.1 Å². The van der Waals surface area contributed by atoms with Gasteiger partial charge in [0.1, 0.15) is 12.6 Å². The highest BCUT2D eigenvalue weighted by Crippen LogP contribution is 2.33. The molecule has 1 atom stereocenters. The summed E-state index contributed by atoms with van der Waals surface area (Å²) in [5.41, 5.74) is 2.57. The van der Waals surface area contributed by atoms with E-state index in [-0.39, 0.29) is 12.5 Å². The number of rotatable bonds is 3. The molecule has 1 heterocycles. The monoisotopic (exact) mass is 314 g/mol. The Morgan fingerprint density at radius 3 is 2.65 bits per heavy atom. The summed E-state index contributed by atoms with van der Waals surface area (Å²) in [6.45, 7) is 1.43. The van der Waals surface area contributed by atoms with Crippen LogP contribution in [-0.2, 0) is 9.59 Å². The van der Waals surface area contributed by atoms with Gasteiger partial charge in [-0.15, -0.1) is 0 Å². The number of amides is 1. The van der Waals surface area contributed by atoms with Crippen LogP contribution in [-0.4, -0.2) is 35.3 Å². The van der Waals surface area contributed by atoms with Crippen molar-refractivity contribution in [1.29, 1.82) is 0 Å². The van der Waals surface area contributed by atoms with E-state index in [0.29, 0.717) is 11.6 Å². The molecule has 0 bridgehead atoms. The average molecular weight is 314 g/mol. The van der Waals surface area contributed by atoms with Gasteiger partial charge >= 0.3 is 5.97 Å². The molecule has 0 spiro atoms.